The number of nitrogens with zero attached hydrogens (tertiary/aromatic N) is 2. The molecule has 1 aliphatic rings. The highest BCUT2D eigenvalue weighted by atomic mass is 32.2. The molecule has 0 radical (unpaired) electrons. The summed E-state index contributed by atoms with van der Waals surface area (Å²) in [5, 5.41) is 9.59. The predicted octanol–water partition coefficient (Wildman–Crippen LogP) is 3.56. The molecule has 1 fully saturated rings. The van der Waals surface area contributed by atoms with E-state index in [2.05, 4.69) is 15.5 Å². The van der Waals surface area contributed by atoms with Gasteiger partial charge in [-0.05, 0) is 44.0 Å². The molecule has 1 aliphatic heterocycles. The van der Waals surface area contributed by atoms with Crippen molar-refractivity contribution in [3.63, 3.8) is 0 Å². The minimum atomic E-state index is -3.66. The van der Waals surface area contributed by atoms with Gasteiger partial charge in [-0.25, -0.2) is 12.8 Å². The summed E-state index contributed by atoms with van der Waals surface area (Å²) in [6.45, 7) is 2.39. The van der Waals surface area contributed by atoms with Crippen molar-refractivity contribution in [2.75, 3.05) is 18.4 Å². The number of aromatic amines is 1. The molecule has 3 aromatic rings. The molecule has 31 heavy (non-hydrogen) atoms. The molecule has 1 aromatic heterocycles. The summed E-state index contributed by atoms with van der Waals surface area (Å²) in [5.74, 6) is -0.832. The maximum atomic E-state index is 13.4. The number of piperidine rings is 1. The molecule has 2 aromatic carbocycles. The first kappa shape index (κ1) is 21.2. The zero-order valence-corrected chi connectivity index (χ0v) is 17.8. The molecule has 0 aliphatic carbocycles. The van der Waals surface area contributed by atoms with Gasteiger partial charge in [-0.15, -0.1) is 0 Å². The van der Waals surface area contributed by atoms with Crippen molar-refractivity contribution in [1.29, 1.82) is 0 Å². The fraction of sp³-hybridized carbons (Fsp3) is 0.273. The third-order valence-electron chi connectivity index (χ3n) is 5.38. The Bertz CT molecular complexity index is 1190. The third-order valence-corrected chi connectivity index (χ3v) is 7.26. The average Bonchev–Trinajstić information content (AvgIpc) is 3.23. The smallest absolute Gasteiger partial charge is 0.243 e. The van der Waals surface area contributed by atoms with E-state index in [9.17, 15) is 17.6 Å². The van der Waals surface area contributed by atoms with Crippen molar-refractivity contribution >= 4 is 21.7 Å². The molecule has 0 bridgehead atoms. The second kappa shape index (κ2) is 8.60. The summed E-state index contributed by atoms with van der Waals surface area (Å²) in [6, 6.07) is 14.4. The van der Waals surface area contributed by atoms with Crippen LogP contribution in [0.1, 0.15) is 18.4 Å². The number of rotatable bonds is 5. The molecule has 1 amide bonds. The Morgan fingerprint density at radius 2 is 1.97 bits per heavy atom. The molecule has 0 unspecified atom stereocenters. The summed E-state index contributed by atoms with van der Waals surface area (Å²) in [6.07, 6.45) is 1.19. The number of anilines is 1. The molecule has 1 saturated heterocycles. The van der Waals surface area contributed by atoms with Gasteiger partial charge in [0.15, 0.2) is 5.82 Å². The largest absolute Gasteiger partial charge is 0.309 e. The maximum absolute atomic E-state index is 13.4. The average molecular weight is 443 g/mol. The van der Waals surface area contributed by atoms with E-state index >= 15 is 0 Å². The fourth-order valence-electron chi connectivity index (χ4n) is 3.65. The van der Waals surface area contributed by atoms with Gasteiger partial charge in [0.2, 0.25) is 15.9 Å². The number of hydrogen-bond acceptors (Lipinski definition) is 4. The van der Waals surface area contributed by atoms with Crippen LogP contribution < -0.4 is 5.32 Å². The van der Waals surface area contributed by atoms with E-state index in [0.29, 0.717) is 36.5 Å². The molecule has 2 heterocycles. The van der Waals surface area contributed by atoms with Crippen LogP contribution in [0.3, 0.4) is 0 Å². The molecule has 9 heteroatoms. The predicted molar refractivity (Wildman–Crippen MR) is 115 cm³/mol. The lowest BCUT2D eigenvalue weighted by Gasteiger charge is -2.31. The number of carbonyl (C=O) groups is 1. The number of nitrogens with one attached hydrogen (secondary N) is 2. The normalized spacial score (nSPS) is 17.4. The Kier molecular flexibility index (Phi) is 5.88. The van der Waals surface area contributed by atoms with Crippen LogP contribution in [-0.4, -0.2) is 41.9 Å². The van der Waals surface area contributed by atoms with Crippen LogP contribution in [-0.2, 0) is 14.8 Å². The summed E-state index contributed by atoms with van der Waals surface area (Å²) in [5.41, 5.74) is 2.16. The van der Waals surface area contributed by atoms with Crippen LogP contribution >= 0.6 is 0 Å². The monoisotopic (exact) mass is 442 g/mol. The topological polar surface area (TPSA) is 95.2 Å². The van der Waals surface area contributed by atoms with Crippen molar-refractivity contribution in [2.45, 2.75) is 24.7 Å². The van der Waals surface area contributed by atoms with Crippen molar-refractivity contribution in [1.82, 2.24) is 14.5 Å². The SMILES string of the molecule is Cc1ccc(S(=O)(=O)N2CCC[C@@H](C(=O)Nc3cc(-c4cccc(F)c4)[nH]n3)C2)cc1. The molecule has 7 nitrogen and oxygen atoms in total. The molecular formula is C22H23FN4O3S. The standard InChI is InChI=1S/C22H23FN4O3S/c1-15-7-9-19(10-8-15)31(29,30)27-11-3-5-17(14-27)22(28)24-21-13-20(25-26-21)16-4-2-6-18(23)12-16/h2,4,6-10,12-13,17H,3,5,11,14H2,1H3,(H2,24,25,26,28)/t17-/m1/s1. The number of aromatic nitrogens is 2. The van der Waals surface area contributed by atoms with E-state index in [1.807, 2.05) is 6.92 Å². The second-order valence-electron chi connectivity index (χ2n) is 7.68. The number of benzene rings is 2. The lowest BCUT2D eigenvalue weighted by molar-refractivity contribution is -0.120. The first-order valence-electron chi connectivity index (χ1n) is 10.0. The Labute approximate surface area is 180 Å². The van der Waals surface area contributed by atoms with E-state index in [1.165, 1.54) is 16.4 Å². The Hall–Kier alpha value is -3.04. The van der Waals surface area contributed by atoms with Crippen LogP contribution in [0.4, 0.5) is 10.2 Å². The summed E-state index contributed by atoms with van der Waals surface area (Å²) in [4.78, 5) is 13.0. The zero-order valence-electron chi connectivity index (χ0n) is 17.0. The first-order valence-corrected chi connectivity index (χ1v) is 11.5. The molecule has 0 saturated carbocycles. The maximum Gasteiger partial charge on any atom is 0.243 e. The van der Waals surface area contributed by atoms with Crippen LogP contribution in [0.5, 0.6) is 0 Å². The number of hydrogen-bond donors (Lipinski definition) is 2. The molecule has 0 spiro atoms. The summed E-state index contributed by atoms with van der Waals surface area (Å²) < 4.78 is 40.7. The number of amides is 1. The van der Waals surface area contributed by atoms with Crippen LogP contribution in [0.15, 0.2) is 59.5 Å². The van der Waals surface area contributed by atoms with Crippen molar-refractivity contribution in [3.8, 4) is 11.3 Å². The number of H-pyrrole nitrogens is 1. The highest BCUT2D eigenvalue weighted by molar-refractivity contribution is 7.89. The second-order valence-corrected chi connectivity index (χ2v) is 9.62. The fourth-order valence-corrected chi connectivity index (χ4v) is 5.18. The Balaban J connectivity index is 1.44. The number of aryl methyl sites for hydroxylation is 1. The summed E-state index contributed by atoms with van der Waals surface area (Å²) >= 11 is 0. The van der Waals surface area contributed by atoms with E-state index in [0.717, 1.165) is 5.56 Å². The van der Waals surface area contributed by atoms with Gasteiger partial charge in [0.1, 0.15) is 5.82 Å². The lowest BCUT2D eigenvalue weighted by atomic mass is 9.99. The highest BCUT2D eigenvalue weighted by Crippen LogP contribution is 2.26. The van der Waals surface area contributed by atoms with Gasteiger partial charge in [0, 0.05) is 24.7 Å². The van der Waals surface area contributed by atoms with Crippen molar-refractivity contribution in [3.05, 3.63) is 66.0 Å². The molecule has 162 valence electrons. The molecule has 2 N–H and O–H groups in total. The van der Waals surface area contributed by atoms with Crippen LogP contribution in [0.25, 0.3) is 11.3 Å². The minimum absolute atomic E-state index is 0.114. The molecule has 4 rings (SSSR count). The van der Waals surface area contributed by atoms with Gasteiger partial charge in [0.05, 0.1) is 16.5 Å². The van der Waals surface area contributed by atoms with Gasteiger partial charge >= 0.3 is 0 Å². The van der Waals surface area contributed by atoms with E-state index in [4.69, 9.17) is 0 Å². The quantitative estimate of drug-likeness (QED) is 0.632. The van der Waals surface area contributed by atoms with Crippen LogP contribution in [0, 0.1) is 18.7 Å². The molecular weight excluding hydrogens is 419 g/mol. The third kappa shape index (κ3) is 4.67. The van der Waals surface area contributed by atoms with Crippen molar-refractivity contribution in [2.24, 2.45) is 5.92 Å². The number of halogens is 1. The Morgan fingerprint density at radius 3 is 2.71 bits per heavy atom. The number of carbonyl (C=O) groups excluding carboxylic acids is 1. The van der Waals surface area contributed by atoms with Gasteiger partial charge in [-0.1, -0.05) is 29.8 Å². The van der Waals surface area contributed by atoms with E-state index < -0.39 is 15.9 Å². The van der Waals surface area contributed by atoms with Gasteiger partial charge < -0.3 is 5.32 Å². The van der Waals surface area contributed by atoms with Gasteiger partial charge in [0.25, 0.3) is 0 Å². The molecule has 1 atom stereocenters. The van der Waals surface area contributed by atoms with Crippen LogP contribution in [0.2, 0.25) is 0 Å². The van der Waals surface area contributed by atoms with Crippen molar-refractivity contribution < 1.29 is 17.6 Å². The zero-order chi connectivity index (χ0) is 22.0. The van der Waals surface area contributed by atoms with Gasteiger partial charge in [-0.2, -0.15) is 9.40 Å². The Morgan fingerprint density at radius 1 is 1.19 bits per heavy atom. The first-order chi connectivity index (χ1) is 14.8. The lowest BCUT2D eigenvalue weighted by Crippen LogP contribution is -2.43. The van der Waals surface area contributed by atoms with Gasteiger partial charge in [-0.3, -0.25) is 9.89 Å². The number of sulfonamides is 1. The summed E-state index contributed by atoms with van der Waals surface area (Å²) in [7, 11) is -3.66. The van der Waals surface area contributed by atoms with E-state index in [-0.39, 0.29) is 23.2 Å². The van der Waals surface area contributed by atoms with E-state index in [1.54, 1.807) is 42.5 Å². The highest BCUT2D eigenvalue weighted by Gasteiger charge is 2.33. The minimum Gasteiger partial charge on any atom is -0.309 e.